The number of rotatable bonds is 3. The Hall–Kier alpha value is -2.94. The van der Waals surface area contributed by atoms with Gasteiger partial charge in [0.05, 0.1) is 23.5 Å². The van der Waals surface area contributed by atoms with Crippen molar-refractivity contribution in [1.82, 2.24) is 0 Å². The van der Waals surface area contributed by atoms with E-state index in [-0.39, 0.29) is 18.1 Å². The number of halogens is 2. The SMILES string of the molecule is N#Cc1ccccc1NC(=O)CN1CCCc2cc(F)cc(F)c21. The summed E-state index contributed by atoms with van der Waals surface area (Å²) in [5, 5.41) is 11.7. The van der Waals surface area contributed by atoms with E-state index in [2.05, 4.69) is 5.32 Å². The number of carbonyl (C=O) groups is 1. The van der Waals surface area contributed by atoms with E-state index in [0.717, 1.165) is 12.5 Å². The average molecular weight is 327 g/mol. The Morgan fingerprint density at radius 3 is 2.88 bits per heavy atom. The van der Waals surface area contributed by atoms with Crippen LogP contribution in [0.5, 0.6) is 0 Å². The normalized spacial score (nSPS) is 13.1. The molecule has 1 heterocycles. The minimum Gasteiger partial charge on any atom is -0.360 e. The summed E-state index contributed by atoms with van der Waals surface area (Å²) >= 11 is 0. The molecule has 0 aliphatic carbocycles. The van der Waals surface area contributed by atoms with Crippen LogP contribution in [0, 0.1) is 23.0 Å². The zero-order valence-electron chi connectivity index (χ0n) is 12.9. The predicted molar refractivity (Wildman–Crippen MR) is 86.7 cm³/mol. The first kappa shape index (κ1) is 15.9. The third-order valence-corrected chi connectivity index (χ3v) is 3.95. The van der Waals surface area contributed by atoms with Crippen LogP contribution in [0.2, 0.25) is 0 Å². The molecule has 2 aromatic carbocycles. The molecule has 1 aliphatic heterocycles. The number of carbonyl (C=O) groups excluding carboxylic acids is 1. The molecule has 4 nitrogen and oxygen atoms in total. The smallest absolute Gasteiger partial charge is 0.243 e. The fourth-order valence-electron chi connectivity index (χ4n) is 2.95. The summed E-state index contributed by atoms with van der Waals surface area (Å²) < 4.78 is 27.5. The van der Waals surface area contributed by atoms with Gasteiger partial charge < -0.3 is 10.2 Å². The van der Waals surface area contributed by atoms with Gasteiger partial charge in [-0.1, -0.05) is 12.1 Å². The van der Waals surface area contributed by atoms with Crippen molar-refractivity contribution < 1.29 is 13.6 Å². The lowest BCUT2D eigenvalue weighted by atomic mass is 10.0. The summed E-state index contributed by atoms with van der Waals surface area (Å²) in [5.74, 6) is -1.62. The molecule has 2 aromatic rings. The van der Waals surface area contributed by atoms with Gasteiger partial charge in [0, 0.05) is 12.6 Å². The van der Waals surface area contributed by atoms with Gasteiger partial charge in [0.2, 0.25) is 5.91 Å². The molecule has 24 heavy (non-hydrogen) atoms. The van der Waals surface area contributed by atoms with Crippen LogP contribution in [0.15, 0.2) is 36.4 Å². The number of hydrogen-bond donors (Lipinski definition) is 1. The number of nitrogens with zero attached hydrogens (tertiary/aromatic N) is 2. The van der Waals surface area contributed by atoms with Crippen molar-refractivity contribution in [3.63, 3.8) is 0 Å². The van der Waals surface area contributed by atoms with Gasteiger partial charge in [-0.05, 0) is 36.6 Å². The zero-order chi connectivity index (χ0) is 17.1. The standard InChI is InChI=1S/C18H15F2N3O/c19-14-8-12-5-3-7-23(18(12)15(20)9-14)11-17(24)22-16-6-2-1-4-13(16)10-21/h1-2,4,6,8-9H,3,5,7,11H2,(H,22,24). The van der Waals surface area contributed by atoms with Gasteiger partial charge in [-0.2, -0.15) is 5.26 Å². The number of para-hydroxylation sites is 1. The zero-order valence-corrected chi connectivity index (χ0v) is 12.9. The van der Waals surface area contributed by atoms with Gasteiger partial charge >= 0.3 is 0 Å². The molecular weight excluding hydrogens is 312 g/mol. The Morgan fingerprint density at radius 2 is 2.08 bits per heavy atom. The molecule has 0 saturated carbocycles. The van der Waals surface area contributed by atoms with Gasteiger partial charge in [-0.25, -0.2) is 8.78 Å². The Bertz CT molecular complexity index is 829. The number of nitrogens with one attached hydrogen (secondary N) is 1. The lowest BCUT2D eigenvalue weighted by molar-refractivity contribution is -0.115. The highest BCUT2D eigenvalue weighted by Gasteiger charge is 2.23. The molecule has 0 fully saturated rings. The monoisotopic (exact) mass is 327 g/mol. The van der Waals surface area contributed by atoms with E-state index in [1.165, 1.54) is 6.07 Å². The van der Waals surface area contributed by atoms with E-state index in [1.54, 1.807) is 29.2 Å². The van der Waals surface area contributed by atoms with Crippen molar-refractivity contribution >= 4 is 17.3 Å². The summed E-state index contributed by atoms with van der Waals surface area (Å²) in [6.07, 6.45) is 1.30. The van der Waals surface area contributed by atoms with Crippen LogP contribution in [0.25, 0.3) is 0 Å². The van der Waals surface area contributed by atoms with Gasteiger partial charge in [0.25, 0.3) is 0 Å². The maximum atomic E-state index is 14.1. The fraction of sp³-hybridized carbons (Fsp3) is 0.222. The van der Waals surface area contributed by atoms with E-state index in [9.17, 15) is 13.6 Å². The molecule has 1 N–H and O–H groups in total. The molecule has 3 rings (SSSR count). The van der Waals surface area contributed by atoms with Crippen LogP contribution in [-0.2, 0) is 11.2 Å². The van der Waals surface area contributed by atoms with Crippen LogP contribution >= 0.6 is 0 Å². The molecular formula is C18H15F2N3O. The maximum Gasteiger partial charge on any atom is 0.243 e. The van der Waals surface area contributed by atoms with Crippen molar-refractivity contribution in [3.05, 3.63) is 59.2 Å². The predicted octanol–water partition coefficient (Wildman–Crippen LogP) is 3.23. The Labute approximate surface area is 138 Å². The van der Waals surface area contributed by atoms with Gasteiger partial charge in [-0.15, -0.1) is 0 Å². The highest BCUT2D eigenvalue weighted by Crippen LogP contribution is 2.30. The minimum atomic E-state index is -0.657. The van der Waals surface area contributed by atoms with Crippen LogP contribution in [-0.4, -0.2) is 19.0 Å². The van der Waals surface area contributed by atoms with Crippen molar-refractivity contribution in [2.24, 2.45) is 0 Å². The molecule has 122 valence electrons. The number of nitriles is 1. The molecule has 0 bridgehead atoms. The molecule has 1 amide bonds. The molecule has 1 aliphatic rings. The molecule has 0 saturated heterocycles. The van der Waals surface area contributed by atoms with E-state index in [1.807, 2.05) is 6.07 Å². The number of fused-ring (bicyclic) bond motifs is 1. The summed E-state index contributed by atoms with van der Waals surface area (Å²) in [4.78, 5) is 13.9. The van der Waals surface area contributed by atoms with Crippen LogP contribution in [0.3, 0.4) is 0 Å². The van der Waals surface area contributed by atoms with Crippen molar-refractivity contribution in [2.45, 2.75) is 12.8 Å². The first-order chi connectivity index (χ1) is 11.6. The Kier molecular flexibility index (Phi) is 4.43. The topological polar surface area (TPSA) is 56.1 Å². The van der Waals surface area contributed by atoms with E-state index in [0.29, 0.717) is 29.8 Å². The van der Waals surface area contributed by atoms with Gasteiger partial charge in [-0.3, -0.25) is 4.79 Å². The first-order valence-electron chi connectivity index (χ1n) is 7.60. The summed E-state index contributed by atoms with van der Waals surface area (Å²) in [6, 6.07) is 10.8. The number of hydrogen-bond acceptors (Lipinski definition) is 3. The third-order valence-electron chi connectivity index (χ3n) is 3.95. The van der Waals surface area contributed by atoms with Gasteiger partial charge in [0.15, 0.2) is 0 Å². The minimum absolute atomic E-state index is 0.0602. The van der Waals surface area contributed by atoms with E-state index >= 15 is 0 Å². The highest BCUT2D eigenvalue weighted by atomic mass is 19.1. The lowest BCUT2D eigenvalue weighted by Gasteiger charge is -2.31. The summed E-state index contributed by atoms with van der Waals surface area (Å²) in [6.45, 7) is 0.457. The number of benzene rings is 2. The quantitative estimate of drug-likeness (QED) is 0.942. The number of anilines is 2. The van der Waals surface area contributed by atoms with Crippen LogP contribution < -0.4 is 10.2 Å². The highest BCUT2D eigenvalue weighted by molar-refractivity contribution is 5.95. The molecule has 0 radical (unpaired) electrons. The van der Waals surface area contributed by atoms with Crippen LogP contribution in [0.1, 0.15) is 17.5 Å². The third kappa shape index (κ3) is 3.20. The number of aryl methyl sites for hydroxylation is 1. The van der Waals surface area contributed by atoms with E-state index in [4.69, 9.17) is 5.26 Å². The maximum absolute atomic E-state index is 14.1. The molecule has 0 spiro atoms. The summed E-state index contributed by atoms with van der Waals surface area (Å²) in [7, 11) is 0. The first-order valence-corrected chi connectivity index (χ1v) is 7.60. The van der Waals surface area contributed by atoms with Crippen LogP contribution in [0.4, 0.5) is 20.2 Å². The second-order valence-corrected chi connectivity index (χ2v) is 5.63. The fourth-order valence-corrected chi connectivity index (χ4v) is 2.95. The Morgan fingerprint density at radius 1 is 1.29 bits per heavy atom. The van der Waals surface area contributed by atoms with Crippen molar-refractivity contribution in [1.29, 1.82) is 5.26 Å². The molecule has 0 atom stereocenters. The molecule has 0 unspecified atom stereocenters. The molecule has 6 heteroatoms. The summed E-state index contributed by atoms with van der Waals surface area (Å²) in [5.41, 5.74) is 1.63. The average Bonchev–Trinajstić information content (AvgIpc) is 2.54. The second-order valence-electron chi connectivity index (χ2n) is 5.63. The second kappa shape index (κ2) is 6.67. The van der Waals surface area contributed by atoms with Gasteiger partial charge in [0.1, 0.15) is 17.7 Å². The Balaban J connectivity index is 1.78. The van der Waals surface area contributed by atoms with E-state index < -0.39 is 11.6 Å². The van der Waals surface area contributed by atoms with Crippen molar-refractivity contribution in [2.75, 3.05) is 23.3 Å². The number of amides is 1. The largest absolute Gasteiger partial charge is 0.360 e. The lowest BCUT2D eigenvalue weighted by Crippen LogP contribution is -2.37. The molecule has 0 aromatic heterocycles. The van der Waals surface area contributed by atoms with Crippen molar-refractivity contribution in [3.8, 4) is 6.07 Å².